The molecular weight excluding hydrogens is 376 g/mol. The highest BCUT2D eigenvalue weighted by molar-refractivity contribution is 7.89. The van der Waals surface area contributed by atoms with Crippen molar-refractivity contribution in [2.24, 2.45) is 0 Å². The summed E-state index contributed by atoms with van der Waals surface area (Å²) in [5, 5.41) is 2.79. The Kier molecular flexibility index (Phi) is 6.85. The molecule has 0 atom stereocenters. The van der Waals surface area contributed by atoms with E-state index in [2.05, 4.69) is 5.32 Å². The topological polar surface area (TPSA) is 75.7 Å². The van der Waals surface area contributed by atoms with E-state index in [1.54, 1.807) is 12.1 Å². The second-order valence-electron chi connectivity index (χ2n) is 7.19. The molecule has 1 amide bonds. The van der Waals surface area contributed by atoms with E-state index < -0.39 is 15.9 Å². The average molecular weight is 405 g/mol. The molecule has 0 saturated heterocycles. The van der Waals surface area contributed by atoms with Gasteiger partial charge in [0.1, 0.15) is 10.6 Å². The Morgan fingerprint density at radius 2 is 1.82 bits per heavy atom. The van der Waals surface area contributed by atoms with Crippen LogP contribution >= 0.6 is 0 Å². The molecule has 0 heterocycles. The number of sulfonamides is 1. The Labute approximate surface area is 167 Å². The molecule has 0 aliphatic rings. The van der Waals surface area contributed by atoms with Crippen molar-refractivity contribution < 1.29 is 17.9 Å². The van der Waals surface area contributed by atoms with E-state index in [0.717, 1.165) is 21.0 Å². The second kappa shape index (κ2) is 8.75. The number of anilines is 1. The van der Waals surface area contributed by atoms with Gasteiger partial charge >= 0.3 is 0 Å². The van der Waals surface area contributed by atoms with Crippen LogP contribution < -0.4 is 10.1 Å². The van der Waals surface area contributed by atoms with Crippen LogP contribution in [-0.2, 0) is 14.8 Å². The first-order chi connectivity index (χ1) is 13.1. The maximum Gasteiger partial charge on any atom is 0.246 e. The van der Waals surface area contributed by atoms with Crippen LogP contribution in [0.3, 0.4) is 0 Å². The van der Waals surface area contributed by atoms with Crippen molar-refractivity contribution in [1.82, 2.24) is 4.31 Å². The zero-order valence-corrected chi connectivity index (χ0v) is 18.1. The Hall–Kier alpha value is -2.38. The van der Waals surface area contributed by atoms with Crippen molar-refractivity contribution in [3.63, 3.8) is 0 Å². The van der Waals surface area contributed by atoms with Crippen LogP contribution in [0.4, 0.5) is 5.69 Å². The van der Waals surface area contributed by atoms with Gasteiger partial charge in [-0.2, -0.15) is 4.31 Å². The van der Waals surface area contributed by atoms with Crippen molar-refractivity contribution in [2.45, 2.75) is 38.5 Å². The average Bonchev–Trinajstić information content (AvgIpc) is 2.63. The molecule has 152 valence electrons. The molecule has 0 aliphatic carbocycles. The number of nitrogens with one attached hydrogen (secondary N) is 1. The first-order valence-electron chi connectivity index (χ1n) is 9.07. The van der Waals surface area contributed by atoms with E-state index in [0.29, 0.717) is 5.69 Å². The zero-order chi connectivity index (χ0) is 21.1. The molecular formula is C21H28N2O4S. The van der Waals surface area contributed by atoms with Gasteiger partial charge in [-0.15, -0.1) is 0 Å². The lowest BCUT2D eigenvalue weighted by Gasteiger charge is -2.20. The molecule has 28 heavy (non-hydrogen) atoms. The van der Waals surface area contributed by atoms with E-state index in [1.807, 2.05) is 52.0 Å². The van der Waals surface area contributed by atoms with Crippen LogP contribution in [0.5, 0.6) is 5.75 Å². The summed E-state index contributed by atoms with van der Waals surface area (Å²) in [5.41, 5.74) is 3.48. The Bertz CT molecular complexity index is 968. The predicted octanol–water partition coefficient (Wildman–Crippen LogP) is 3.69. The second-order valence-corrected chi connectivity index (χ2v) is 9.21. The first-order valence-corrected chi connectivity index (χ1v) is 10.5. The summed E-state index contributed by atoms with van der Waals surface area (Å²) in [6.07, 6.45) is 0. The number of aryl methyl sites for hydroxylation is 2. The minimum absolute atomic E-state index is 0.0586. The number of carbonyl (C=O) groups is 1. The molecule has 2 aromatic rings. The molecule has 1 N–H and O–H groups in total. The van der Waals surface area contributed by atoms with Crippen molar-refractivity contribution >= 4 is 21.6 Å². The van der Waals surface area contributed by atoms with Gasteiger partial charge in [-0.1, -0.05) is 32.0 Å². The van der Waals surface area contributed by atoms with Gasteiger partial charge in [-0.05, 0) is 54.7 Å². The van der Waals surface area contributed by atoms with Crippen LogP contribution in [0, 0.1) is 13.8 Å². The van der Waals surface area contributed by atoms with Gasteiger partial charge in [0.05, 0.1) is 13.7 Å². The molecule has 7 heteroatoms. The highest BCUT2D eigenvalue weighted by Crippen LogP contribution is 2.30. The lowest BCUT2D eigenvalue weighted by molar-refractivity contribution is -0.116. The minimum atomic E-state index is -3.90. The number of benzene rings is 2. The van der Waals surface area contributed by atoms with Crippen LogP contribution in [-0.4, -0.2) is 39.3 Å². The summed E-state index contributed by atoms with van der Waals surface area (Å²) in [6, 6.07) is 10.8. The molecule has 0 spiro atoms. The number of hydrogen-bond acceptors (Lipinski definition) is 4. The van der Waals surface area contributed by atoms with Crippen molar-refractivity contribution in [3.05, 3.63) is 53.1 Å². The highest BCUT2D eigenvalue weighted by atomic mass is 32.2. The fourth-order valence-electron chi connectivity index (χ4n) is 2.77. The smallest absolute Gasteiger partial charge is 0.246 e. The first kappa shape index (κ1) is 21.9. The van der Waals surface area contributed by atoms with Gasteiger partial charge in [0, 0.05) is 12.7 Å². The maximum absolute atomic E-state index is 13.1. The standard InChI is InChI=1S/C21H28N2O4S/c1-14(2)17-9-10-19(27-6)20(12-17)28(25,26)23(5)13-21(24)22-18-11-15(3)7-8-16(18)4/h7-12,14H,13H2,1-6H3,(H,22,24). The Balaban J connectivity index is 2.25. The summed E-state index contributed by atoms with van der Waals surface area (Å²) in [7, 11) is -1.08. The van der Waals surface area contributed by atoms with Crippen LogP contribution in [0.2, 0.25) is 0 Å². The van der Waals surface area contributed by atoms with Crippen molar-refractivity contribution in [2.75, 3.05) is 26.0 Å². The third kappa shape index (κ3) is 4.91. The summed E-state index contributed by atoms with van der Waals surface area (Å²) in [6.45, 7) is 7.49. The van der Waals surface area contributed by atoms with E-state index in [-0.39, 0.29) is 23.1 Å². The molecule has 0 unspecified atom stereocenters. The molecule has 6 nitrogen and oxygen atoms in total. The quantitative estimate of drug-likeness (QED) is 0.764. The lowest BCUT2D eigenvalue weighted by Crippen LogP contribution is -2.35. The molecule has 0 aromatic heterocycles. The lowest BCUT2D eigenvalue weighted by atomic mass is 10.0. The highest BCUT2D eigenvalue weighted by Gasteiger charge is 2.27. The van der Waals surface area contributed by atoms with Crippen molar-refractivity contribution in [3.8, 4) is 5.75 Å². The van der Waals surface area contributed by atoms with Crippen molar-refractivity contribution in [1.29, 1.82) is 0 Å². The van der Waals surface area contributed by atoms with Gasteiger partial charge in [0.25, 0.3) is 0 Å². The molecule has 0 bridgehead atoms. The Morgan fingerprint density at radius 1 is 1.14 bits per heavy atom. The number of amides is 1. The molecule has 2 aromatic carbocycles. The third-order valence-corrected chi connectivity index (χ3v) is 6.40. The largest absolute Gasteiger partial charge is 0.495 e. The normalized spacial score (nSPS) is 11.7. The third-order valence-electron chi connectivity index (χ3n) is 4.58. The zero-order valence-electron chi connectivity index (χ0n) is 17.2. The van der Waals surface area contributed by atoms with Crippen LogP contribution in [0.1, 0.15) is 36.5 Å². The number of rotatable bonds is 7. The van der Waals surface area contributed by atoms with Gasteiger partial charge in [0.2, 0.25) is 15.9 Å². The number of nitrogens with zero attached hydrogens (tertiary/aromatic N) is 1. The fourth-order valence-corrected chi connectivity index (χ4v) is 4.08. The van der Waals surface area contributed by atoms with Gasteiger partial charge in [0.15, 0.2) is 0 Å². The van der Waals surface area contributed by atoms with Gasteiger partial charge < -0.3 is 10.1 Å². The summed E-state index contributed by atoms with van der Waals surface area (Å²) < 4.78 is 32.4. The SMILES string of the molecule is COc1ccc(C(C)C)cc1S(=O)(=O)N(C)CC(=O)Nc1cc(C)ccc1C. The van der Waals surface area contributed by atoms with E-state index in [1.165, 1.54) is 14.2 Å². The summed E-state index contributed by atoms with van der Waals surface area (Å²) in [5.74, 6) is 0.0164. The van der Waals surface area contributed by atoms with E-state index >= 15 is 0 Å². The molecule has 0 saturated carbocycles. The molecule has 2 rings (SSSR count). The number of carbonyl (C=O) groups excluding carboxylic acids is 1. The summed E-state index contributed by atoms with van der Waals surface area (Å²) in [4.78, 5) is 12.5. The fraction of sp³-hybridized carbons (Fsp3) is 0.381. The monoisotopic (exact) mass is 404 g/mol. The number of likely N-dealkylation sites (N-methyl/N-ethyl adjacent to an activating group) is 1. The predicted molar refractivity (Wildman–Crippen MR) is 111 cm³/mol. The number of hydrogen-bond donors (Lipinski definition) is 1. The minimum Gasteiger partial charge on any atom is -0.495 e. The van der Waals surface area contributed by atoms with E-state index in [9.17, 15) is 13.2 Å². The van der Waals surface area contributed by atoms with E-state index in [4.69, 9.17) is 4.74 Å². The maximum atomic E-state index is 13.1. The van der Waals surface area contributed by atoms with Gasteiger partial charge in [-0.25, -0.2) is 8.42 Å². The van der Waals surface area contributed by atoms with Gasteiger partial charge in [-0.3, -0.25) is 4.79 Å². The molecule has 0 aliphatic heterocycles. The number of methoxy groups -OCH3 is 1. The summed E-state index contributed by atoms with van der Waals surface area (Å²) >= 11 is 0. The molecule has 0 fully saturated rings. The number of ether oxygens (including phenoxy) is 1. The molecule has 0 radical (unpaired) electrons. The van der Waals surface area contributed by atoms with Crippen LogP contribution in [0.25, 0.3) is 0 Å². The van der Waals surface area contributed by atoms with Crippen LogP contribution in [0.15, 0.2) is 41.3 Å². The Morgan fingerprint density at radius 3 is 2.43 bits per heavy atom.